The molecule has 7 nitrogen and oxygen atoms in total. The zero-order chi connectivity index (χ0) is 21.8. The van der Waals surface area contributed by atoms with Gasteiger partial charge in [-0.25, -0.2) is 8.42 Å². The second-order valence-electron chi connectivity index (χ2n) is 6.53. The van der Waals surface area contributed by atoms with Gasteiger partial charge < -0.3 is 4.74 Å². The molecule has 1 N–H and O–H groups in total. The molecule has 30 heavy (non-hydrogen) atoms. The van der Waals surface area contributed by atoms with Crippen LogP contribution in [-0.2, 0) is 33.2 Å². The second kappa shape index (κ2) is 8.97. The molecule has 0 bridgehead atoms. The molecule has 3 rings (SSSR count). The predicted octanol–water partition coefficient (Wildman–Crippen LogP) is 3.33. The molecule has 0 heterocycles. The Bertz CT molecular complexity index is 1170. The van der Waals surface area contributed by atoms with E-state index in [0.29, 0.717) is 0 Å². The summed E-state index contributed by atoms with van der Waals surface area (Å²) in [6.45, 7) is 0.177. The van der Waals surface area contributed by atoms with Crippen LogP contribution in [0.2, 0.25) is 0 Å². The molecule has 0 amide bonds. The summed E-state index contributed by atoms with van der Waals surface area (Å²) in [6.07, 6.45) is 0. The lowest BCUT2D eigenvalue weighted by Gasteiger charge is -2.23. The molecule has 0 spiro atoms. The zero-order valence-electron chi connectivity index (χ0n) is 16.2. The Labute approximate surface area is 176 Å². The van der Waals surface area contributed by atoms with Crippen LogP contribution < -0.4 is 4.74 Å². The summed E-state index contributed by atoms with van der Waals surface area (Å²) in [7, 11) is -7.55. The second-order valence-corrected chi connectivity index (χ2v) is 9.86. The van der Waals surface area contributed by atoms with Gasteiger partial charge in [0.2, 0.25) is 10.0 Å². The Balaban J connectivity index is 2.07. The monoisotopic (exact) mass is 447 g/mol. The van der Waals surface area contributed by atoms with Crippen LogP contribution in [0.1, 0.15) is 11.1 Å². The maximum atomic E-state index is 13.4. The van der Waals surface area contributed by atoms with E-state index >= 15 is 0 Å². The largest absolute Gasteiger partial charge is 0.495 e. The molecule has 158 valence electrons. The lowest BCUT2D eigenvalue weighted by molar-refractivity contribution is 0.394. The van der Waals surface area contributed by atoms with Crippen molar-refractivity contribution in [1.29, 1.82) is 0 Å². The first-order valence-electron chi connectivity index (χ1n) is 8.95. The minimum Gasteiger partial charge on any atom is -0.495 e. The summed E-state index contributed by atoms with van der Waals surface area (Å²) in [5.74, 6) is -0.144. The molecule has 0 unspecified atom stereocenters. The molecule has 0 aliphatic rings. The highest BCUT2D eigenvalue weighted by Crippen LogP contribution is 2.29. The van der Waals surface area contributed by atoms with E-state index in [9.17, 15) is 21.4 Å². The van der Waals surface area contributed by atoms with Gasteiger partial charge in [0.25, 0.3) is 10.1 Å². The van der Waals surface area contributed by atoms with Crippen molar-refractivity contribution in [1.82, 2.24) is 4.31 Å². The third-order valence-corrected chi connectivity index (χ3v) is 7.12. The van der Waals surface area contributed by atoms with Crippen molar-refractivity contribution in [2.75, 3.05) is 7.11 Å². The molecular weight excluding hydrogens is 426 g/mol. The van der Waals surface area contributed by atoms with E-state index in [-0.39, 0.29) is 23.7 Å². The number of ether oxygens (including phenoxy) is 1. The third-order valence-electron chi connectivity index (χ3n) is 4.45. The highest BCUT2D eigenvalue weighted by molar-refractivity contribution is 7.89. The lowest BCUT2D eigenvalue weighted by Crippen LogP contribution is -2.30. The van der Waals surface area contributed by atoms with Gasteiger partial charge in [0.1, 0.15) is 10.6 Å². The van der Waals surface area contributed by atoms with E-state index in [2.05, 4.69) is 0 Å². The first kappa shape index (κ1) is 22.0. The molecule has 0 saturated heterocycles. The maximum Gasteiger partial charge on any atom is 0.298 e. The van der Waals surface area contributed by atoms with Gasteiger partial charge >= 0.3 is 0 Å². The van der Waals surface area contributed by atoms with Crippen molar-refractivity contribution >= 4 is 20.1 Å². The molecule has 0 aliphatic heterocycles. The van der Waals surface area contributed by atoms with E-state index in [0.717, 1.165) is 17.2 Å². The highest BCUT2D eigenvalue weighted by atomic mass is 32.2. The van der Waals surface area contributed by atoms with Crippen LogP contribution in [-0.4, -0.2) is 32.8 Å². The van der Waals surface area contributed by atoms with Crippen molar-refractivity contribution < 1.29 is 26.1 Å². The van der Waals surface area contributed by atoms with E-state index in [1.807, 2.05) is 60.7 Å². The van der Waals surface area contributed by atoms with Crippen LogP contribution >= 0.6 is 0 Å². The Morgan fingerprint density at radius 1 is 0.800 bits per heavy atom. The maximum absolute atomic E-state index is 13.4. The van der Waals surface area contributed by atoms with Crippen LogP contribution in [0.3, 0.4) is 0 Å². The van der Waals surface area contributed by atoms with E-state index in [4.69, 9.17) is 4.74 Å². The zero-order valence-corrected chi connectivity index (χ0v) is 17.8. The minimum absolute atomic E-state index is 0.0886. The van der Waals surface area contributed by atoms with Crippen molar-refractivity contribution in [3.63, 3.8) is 0 Å². The van der Waals surface area contributed by atoms with E-state index < -0.39 is 25.0 Å². The summed E-state index contributed by atoms with van der Waals surface area (Å²) in [5.41, 5.74) is 1.56. The number of methoxy groups -OCH3 is 1. The molecule has 0 aliphatic carbocycles. The molecule has 0 fully saturated rings. The predicted molar refractivity (Wildman–Crippen MR) is 112 cm³/mol. The standard InChI is InChI=1S/C21H21NO6S2/c1-28-20-13-12-19(14-21(20)30(25,26)27)29(23,24)22(15-17-8-4-2-5-9-17)16-18-10-6-3-7-11-18/h2-14H,15-16H2,1H3,(H,25,26,27). The third kappa shape index (κ3) is 5.06. The van der Waals surface area contributed by atoms with Gasteiger partial charge in [-0.2, -0.15) is 12.7 Å². The molecule has 0 aromatic heterocycles. The average Bonchev–Trinajstić information content (AvgIpc) is 2.73. The first-order valence-corrected chi connectivity index (χ1v) is 11.8. The van der Waals surface area contributed by atoms with Gasteiger partial charge in [0, 0.05) is 13.1 Å². The summed E-state index contributed by atoms with van der Waals surface area (Å²) in [6, 6.07) is 21.5. The van der Waals surface area contributed by atoms with Crippen molar-refractivity contribution in [3.05, 3.63) is 90.0 Å². The summed E-state index contributed by atoms with van der Waals surface area (Å²) < 4.78 is 66.0. The normalized spacial score (nSPS) is 12.1. The van der Waals surface area contributed by atoms with Crippen molar-refractivity contribution in [2.45, 2.75) is 22.9 Å². The fourth-order valence-electron chi connectivity index (χ4n) is 2.97. The fraction of sp³-hybridized carbons (Fsp3) is 0.143. The molecule has 0 radical (unpaired) electrons. The molecular formula is C21H21NO6S2. The Morgan fingerprint density at radius 2 is 1.30 bits per heavy atom. The van der Waals surface area contributed by atoms with Gasteiger partial charge in [-0.3, -0.25) is 4.55 Å². The smallest absolute Gasteiger partial charge is 0.298 e. The highest BCUT2D eigenvalue weighted by Gasteiger charge is 2.28. The van der Waals surface area contributed by atoms with Gasteiger partial charge in [-0.15, -0.1) is 0 Å². The van der Waals surface area contributed by atoms with Gasteiger partial charge in [0.05, 0.1) is 12.0 Å². The van der Waals surface area contributed by atoms with Crippen molar-refractivity contribution in [3.8, 4) is 5.75 Å². The van der Waals surface area contributed by atoms with Crippen LogP contribution in [0.4, 0.5) is 0 Å². The number of nitrogens with zero attached hydrogens (tertiary/aromatic N) is 1. The fourth-order valence-corrected chi connectivity index (χ4v) is 5.17. The number of benzene rings is 3. The topological polar surface area (TPSA) is 101 Å². The Kier molecular flexibility index (Phi) is 6.57. The number of hydrogen-bond donors (Lipinski definition) is 1. The number of hydrogen-bond acceptors (Lipinski definition) is 5. The number of rotatable bonds is 8. The van der Waals surface area contributed by atoms with Gasteiger partial charge in [-0.1, -0.05) is 60.7 Å². The van der Waals surface area contributed by atoms with Crippen LogP contribution in [0.15, 0.2) is 88.7 Å². The van der Waals surface area contributed by atoms with Crippen molar-refractivity contribution in [2.24, 2.45) is 0 Å². The summed E-state index contributed by atoms with van der Waals surface area (Å²) in [5, 5.41) is 0. The molecule has 0 saturated carbocycles. The van der Waals surface area contributed by atoms with Gasteiger partial charge in [0.15, 0.2) is 0 Å². The van der Waals surface area contributed by atoms with E-state index in [1.165, 1.54) is 23.5 Å². The van der Waals surface area contributed by atoms with Crippen LogP contribution in [0.5, 0.6) is 5.75 Å². The minimum atomic E-state index is -4.68. The average molecular weight is 448 g/mol. The van der Waals surface area contributed by atoms with Crippen LogP contribution in [0, 0.1) is 0 Å². The lowest BCUT2D eigenvalue weighted by atomic mass is 10.2. The summed E-state index contributed by atoms with van der Waals surface area (Å²) in [4.78, 5) is -0.867. The molecule has 9 heteroatoms. The SMILES string of the molecule is COc1ccc(S(=O)(=O)N(Cc2ccccc2)Cc2ccccc2)cc1S(=O)(=O)O. The Morgan fingerprint density at radius 3 is 1.73 bits per heavy atom. The molecule has 3 aromatic carbocycles. The van der Waals surface area contributed by atoms with E-state index in [1.54, 1.807) is 0 Å². The number of sulfonamides is 1. The molecule has 3 aromatic rings. The van der Waals surface area contributed by atoms with Gasteiger partial charge in [-0.05, 0) is 29.3 Å². The quantitative estimate of drug-likeness (QED) is 0.532. The molecule has 0 atom stereocenters. The summed E-state index contributed by atoms with van der Waals surface area (Å²) >= 11 is 0. The Hall–Kier alpha value is -2.72. The van der Waals surface area contributed by atoms with Crippen LogP contribution in [0.25, 0.3) is 0 Å². The first-order chi connectivity index (χ1) is 14.2.